The maximum Gasteiger partial charge on any atom is 0.159 e. The molecule has 0 atom stereocenters. The highest BCUT2D eigenvalue weighted by Gasteiger charge is 2.36. The summed E-state index contributed by atoms with van der Waals surface area (Å²) < 4.78 is 15.9. The van der Waals surface area contributed by atoms with Crippen molar-refractivity contribution in [2.75, 3.05) is 4.90 Å². The number of hydrogen-bond acceptors (Lipinski definition) is 3. The van der Waals surface area contributed by atoms with Crippen LogP contribution in [-0.2, 0) is 5.41 Å². The Bertz CT molecular complexity index is 3750. The standard InChI is InChI=1S/C57H38N2O2/c1-57(2)46-20-9-6-16-39(46)40-29-28-38(34-47(40)57)59(51-23-12-19-43-42-18-8-11-24-52(42)61-56(43)51)50-22-13-25-54-55(50)45-33-36(27-31-53(45)60-54)35-26-30-49-44(32-35)41-17-7-10-21-48(41)58(49)37-14-4-3-5-15-37/h3-34H,1-2H3. The summed E-state index contributed by atoms with van der Waals surface area (Å²) in [5.41, 5.74) is 17.4. The van der Waals surface area contributed by atoms with E-state index in [-0.39, 0.29) is 5.41 Å². The number of furan rings is 2. The van der Waals surface area contributed by atoms with E-state index >= 15 is 0 Å². The Kier molecular flexibility index (Phi) is 7.04. The van der Waals surface area contributed by atoms with Crippen LogP contribution < -0.4 is 4.90 Å². The third-order valence-electron chi connectivity index (χ3n) is 13.2. The lowest BCUT2D eigenvalue weighted by molar-refractivity contribution is 0.660. The van der Waals surface area contributed by atoms with Gasteiger partial charge in [0.25, 0.3) is 0 Å². The van der Waals surface area contributed by atoms with E-state index < -0.39 is 0 Å². The van der Waals surface area contributed by atoms with Gasteiger partial charge in [-0.2, -0.15) is 0 Å². The smallest absolute Gasteiger partial charge is 0.159 e. The predicted octanol–water partition coefficient (Wildman–Crippen LogP) is 16.0. The van der Waals surface area contributed by atoms with E-state index in [4.69, 9.17) is 8.83 Å². The van der Waals surface area contributed by atoms with Crippen molar-refractivity contribution in [2.45, 2.75) is 19.3 Å². The number of aromatic nitrogens is 1. The molecule has 288 valence electrons. The monoisotopic (exact) mass is 782 g/mol. The molecular weight excluding hydrogens is 745 g/mol. The van der Waals surface area contributed by atoms with E-state index in [1.54, 1.807) is 0 Å². The van der Waals surface area contributed by atoms with Crippen LogP contribution in [0.15, 0.2) is 203 Å². The quantitative estimate of drug-likeness (QED) is 0.174. The van der Waals surface area contributed by atoms with Crippen LogP contribution in [0.25, 0.3) is 93.6 Å². The molecular formula is C57H38N2O2. The molecule has 1 aliphatic carbocycles. The number of anilines is 3. The minimum absolute atomic E-state index is 0.170. The van der Waals surface area contributed by atoms with Crippen LogP contribution in [0.2, 0.25) is 0 Å². The second-order valence-corrected chi connectivity index (χ2v) is 16.9. The van der Waals surface area contributed by atoms with Gasteiger partial charge in [0, 0.05) is 43.7 Å². The van der Waals surface area contributed by atoms with Crippen molar-refractivity contribution in [3.05, 3.63) is 205 Å². The second kappa shape index (κ2) is 12.6. The molecule has 0 amide bonds. The topological polar surface area (TPSA) is 34.5 Å². The van der Waals surface area contributed by atoms with Crippen molar-refractivity contribution in [3.8, 4) is 27.9 Å². The molecule has 9 aromatic carbocycles. The number of hydrogen-bond donors (Lipinski definition) is 0. The number of para-hydroxylation sites is 4. The first-order valence-electron chi connectivity index (χ1n) is 21.0. The first-order valence-corrected chi connectivity index (χ1v) is 21.0. The normalized spacial score (nSPS) is 13.2. The first kappa shape index (κ1) is 34.1. The molecule has 0 saturated carbocycles. The highest BCUT2D eigenvalue weighted by Crippen LogP contribution is 2.52. The molecule has 13 rings (SSSR count). The third-order valence-corrected chi connectivity index (χ3v) is 13.2. The molecule has 1 aliphatic rings. The minimum Gasteiger partial charge on any atom is -0.456 e. The number of rotatable bonds is 5. The predicted molar refractivity (Wildman–Crippen MR) is 253 cm³/mol. The largest absolute Gasteiger partial charge is 0.456 e. The molecule has 0 radical (unpaired) electrons. The molecule has 4 heteroatoms. The van der Waals surface area contributed by atoms with Crippen molar-refractivity contribution >= 4 is 82.7 Å². The fraction of sp³-hybridized carbons (Fsp3) is 0.0526. The Hall–Kier alpha value is -7.82. The Morgan fingerprint density at radius 1 is 0.426 bits per heavy atom. The van der Waals surface area contributed by atoms with Crippen molar-refractivity contribution < 1.29 is 8.83 Å². The van der Waals surface area contributed by atoms with Crippen molar-refractivity contribution in [2.24, 2.45) is 0 Å². The van der Waals surface area contributed by atoms with Gasteiger partial charge in [-0.1, -0.05) is 129 Å². The van der Waals surface area contributed by atoms with Crippen LogP contribution in [0.4, 0.5) is 17.1 Å². The van der Waals surface area contributed by atoms with E-state index in [0.717, 1.165) is 77.8 Å². The summed E-state index contributed by atoms with van der Waals surface area (Å²) in [5.74, 6) is 0. The van der Waals surface area contributed by atoms with Crippen LogP contribution in [0.1, 0.15) is 25.0 Å². The zero-order chi connectivity index (χ0) is 40.4. The summed E-state index contributed by atoms with van der Waals surface area (Å²) in [6.07, 6.45) is 0. The van der Waals surface area contributed by atoms with Gasteiger partial charge in [0.05, 0.1) is 27.8 Å². The number of nitrogens with zero attached hydrogens (tertiary/aromatic N) is 2. The summed E-state index contributed by atoms with van der Waals surface area (Å²) in [6, 6.07) is 69.9. The van der Waals surface area contributed by atoms with Crippen molar-refractivity contribution in [1.29, 1.82) is 0 Å². The van der Waals surface area contributed by atoms with Crippen molar-refractivity contribution in [3.63, 3.8) is 0 Å². The SMILES string of the molecule is CC1(C)c2ccccc2-c2ccc(N(c3cccc4c3oc3ccccc34)c3cccc4oc5ccc(-c6ccc7c(c6)c6ccccc6n7-c6ccccc6)cc5c34)cc21. The summed E-state index contributed by atoms with van der Waals surface area (Å²) in [4.78, 5) is 2.39. The van der Waals surface area contributed by atoms with Gasteiger partial charge in [-0.05, 0) is 112 Å². The maximum absolute atomic E-state index is 6.78. The Labute approximate surface area is 352 Å². The van der Waals surface area contributed by atoms with Gasteiger partial charge in [0.15, 0.2) is 5.58 Å². The van der Waals surface area contributed by atoms with Gasteiger partial charge < -0.3 is 18.3 Å². The summed E-state index contributed by atoms with van der Waals surface area (Å²) in [6.45, 7) is 4.68. The van der Waals surface area contributed by atoms with E-state index in [0.29, 0.717) is 0 Å². The van der Waals surface area contributed by atoms with Crippen LogP contribution in [0.3, 0.4) is 0 Å². The molecule has 3 heterocycles. The highest BCUT2D eigenvalue weighted by atomic mass is 16.3. The second-order valence-electron chi connectivity index (χ2n) is 16.9. The Morgan fingerprint density at radius 3 is 1.98 bits per heavy atom. The lowest BCUT2D eigenvalue weighted by Crippen LogP contribution is -2.16. The molecule has 3 aromatic heterocycles. The lowest BCUT2D eigenvalue weighted by atomic mass is 9.82. The minimum atomic E-state index is -0.170. The van der Waals surface area contributed by atoms with E-state index in [1.165, 1.54) is 44.1 Å². The van der Waals surface area contributed by atoms with Gasteiger partial charge in [-0.25, -0.2) is 0 Å². The van der Waals surface area contributed by atoms with Gasteiger partial charge in [0.2, 0.25) is 0 Å². The van der Waals surface area contributed by atoms with E-state index in [1.807, 2.05) is 6.07 Å². The zero-order valence-corrected chi connectivity index (χ0v) is 33.7. The van der Waals surface area contributed by atoms with Crippen molar-refractivity contribution in [1.82, 2.24) is 4.57 Å². The van der Waals surface area contributed by atoms with Gasteiger partial charge in [0.1, 0.15) is 16.7 Å². The molecule has 0 unspecified atom stereocenters. The van der Waals surface area contributed by atoms with Crippen LogP contribution in [0.5, 0.6) is 0 Å². The molecule has 12 aromatic rings. The van der Waals surface area contributed by atoms with Gasteiger partial charge in [-0.3, -0.25) is 0 Å². The summed E-state index contributed by atoms with van der Waals surface area (Å²) in [5, 5.41) is 6.76. The molecule has 0 fully saturated rings. The molecule has 0 spiro atoms. The van der Waals surface area contributed by atoms with E-state index in [2.05, 4.69) is 211 Å². The first-order chi connectivity index (χ1) is 30.0. The summed E-state index contributed by atoms with van der Waals surface area (Å²) >= 11 is 0. The summed E-state index contributed by atoms with van der Waals surface area (Å²) in [7, 11) is 0. The molecule has 0 bridgehead atoms. The molecule has 0 aliphatic heterocycles. The molecule has 4 nitrogen and oxygen atoms in total. The highest BCUT2D eigenvalue weighted by molar-refractivity contribution is 6.17. The average molecular weight is 783 g/mol. The third kappa shape index (κ3) is 4.87. The number of fused-ring (bicyclic) bond motifs is 12. The molecule has 0 saturated heterocycles. The zero-order valence-electron chi connectivity index (χ0n) is 33.7. The maximum atomic E-state index is 6.78. The fourth-order valence-electron chi connectivity index (χ4n) is 10.3. The van der Waals surface area contributed by atoms with E-state index in [9.17, 15) is 0 Å². The molecule has 0 N–H and O–H groups in total. The van der Waals surface area contributed by atoms with Crippen LogP contribution in [-0.4, -0.2) is 4.57 Å². The average Bonchev–Trinajstić information content (AvgIpc) is 4.04. The Balaban J connectivity index is 1.04. The van der Waals surface area contributed by atoms with Gasteiger partial charge in [-0.15, -0.1) is 0 Å². The van der Waals surface area contributed by atoms with Crippen LogP contribution in [0, 0.1) is 0 Å². The fourth-order valence-corrected chi connectivity index (χ4v) is 10.3. The van der Waals surface area contributed by atoms with Gasteiger partial charge >= 0.3 is 0 Å². The molecule has 61 heavy (non-hydrogen) atoms. The lowest BCUT2D eigenvalue weighted by Gasteiger charge is -2.28. The Morgan fingerprint density at radius 2 is 1.08 bits per heavy atom. The van der Waals surface area contributed by atoms with Crippen LogP contribution >= 0.6 is 0 Å². The number of benzene rings is 9.